The zero-order chi connectivity index (χ0) is 18.6. The molecule has 5 nitrogen and oxygen atoms in total. The van der Waals surface area contributed by atoms with Crippen molar-refractivity contribution in [1.82, 2.24) is 0 Å². The van der Waals surface area contributed by atoms with Crippen LogP contribution in [0.25, 0.3) is 0 Å². The molecule has 2 N–H and O–H groups in total. The molecular formula is C19H20ClNO4. The molecule has 0 aliphatic heterocycles. The fraction of sp³-hybridized carbons (Fsp3) is 0.263. The average molecular weight is 362 g/mol. The number of aromatic carboxylic acids is 1. The van der Waals surface area contributed by atoms with Crippen molar-refractivity contribution in [3.05, 3.63) is 58.1 Å². The maximum Gasteiger partial charge on any atom is 0.335 e. The molecular weight excluding hydrogens is 342 g/mol. The van der Waals surface area contributed by atoms with Gasteiger partial charge in [-0.1, -0.05) is 31.5 Å². The van der Waals surface area contributed by atoms with Crippen LogP contribution < -0.4 is 10.1 Å². The standard InChI is InChI=1S/C19H20ClNO4/c1-11(2)10-25-14-6-7-16(20)15(9-14)18(22)21-17-8-13(19(23)24)5-4-12(17)3/h4-9,11H,10H2,1-3H3,(H,21,22)(H,23,24). The molecule has 2 aromatic rings. The van der Waals surface area contributed by atoms with Crippen LogP contribution in [0.15, 0.2) is 36.4 Å². The Labute approximate surface area is 151 Å². The number of benzene rings is 2. The van der Waals surface area contributed by atoms with Crippen LogP contribution >= 0.6 is 11.6 Å². The number of anilines is 1. The Hall–Kier alpha value is -2.53. The molecule has 0 aliphatic carbocycles. The highest BCUT2D eigenvalue weighted by Gasteiger charge is 2.15. The summed E-state index contributed by atoms with van der Waals surface area (Å²) in [6.45, 7) is 6.37. The third kappa shape index (κ3) is 4.97. The predicted octanol–water partition coefficient (Wildman–Crippen LogP) is 4.63. The summed E-state index contributed by atoms with van der Waals surface area (Å²) in [4.78, 5) is 23.7. The molecule has 0 radical (unpaired) electrons. The monoisotopic (exact) mass is 361 g/mol. The van der Waals surface area contributed by atoms with E-state index in [0.717, 1.165) is 5.56 Å². The number of hydrogen-bond acceptors (Lipinski definition) is 3. The number of nitrogens with one attached hydrogen (secondary N) is 1. The number of hydrogen-bond donors (Lipinski definition) is 2. The molecule has 0 atom stereocenters. The van der Waals surface area contributed by atoms with E-state index in [-0.39, 0.29) is 11.1 Å². The zero-order valence-corrected chi connectivity index (χ0v) is 15.1. The summed E-state index contributed by atoms with van der Waals surface area (Å²) in [6, 6.07) is 9.44. The first-order valence-electron chi connectivity index (χ1n) is 7.85. The van der Waals surface area contributed by atoms with Crippen molar-refractivity contribution in [2.75, 3.05) is 11.9 Å². The lowest BCUT2D eigenvalue weighted by molar-refractivity contribution is 0.0696. The van der Waals surface area contributed by atoms with Crippen LogP contribution in [-0.4, -0.2) is 23.6 Å². The van der Waals surface area contributed by atoms with Gasteiger partial charge in [-0.3, -0.25) is 4.79 Å². The first kappa shape index (κ1) is 18.8. The van der Waals surface area contributed by atoms with Crippen molar-refractivity contribution in [3.63, 3.8) is 0 Å². The van der Waals surface area contributed by atoms with Gasteiger partial charge in [0.15, 0.2) is 0 Å². The molecule has 0 unspecified atom stereocenters. The molecule has 0 fully saturated rings. The number of halogens is 1. The van der Waals surface area contributed by atoms with Crippen LogP contribution in [0.4, 0.5) is 5.69 Å². The number of carbonyl (C=O) groups excluding carboxylic acids is 1. The lowest BCUT2D eigenvalue weighted by Gasteiger charge is -2.13. The SMILES string of the molecule is Cc1ccc(C(=O)O)cc1NC(=O)c1cc(OCC(C)C)ccc1Cl. The molecule has 132 valence electrons. The van der Waals surface area contributed by atoms with Gasteiger partial charge >= 0.3 is 5.97 Å². The van der Waals surface area contributed by atoms with Crippen molar-refractivity contribution >= 4 is 29.2 Å². The van der Waals surface area contributed by atoms with Gasteiger partial charge < -0.3 is 15.2 Å². The normalized spacial score (nSPS) is 10.6. The maximum atomic E-state index is 12.6. The smallest absolute Gasteiger partial charge is 0.335 e. The molecule has 0 spiro atoms. The van der Waals surface area contributed by atoms with Crippen molar-refractivity contribution in [2.45, 2.75) is 20.8 Å². The van der Waals surface area contributed by atoms with E-state index in [2.05, 4.69) is 5.32 Å². The summed E-state index contributed by atoms with van der Waals surface area (Å²) < 4.78 is 5.62. The van der Waals surface area contributed by atoms with E-state index in [1.54, 1.807) is 31.2 Å². The van der Waals surface area contributed by atoms with Gasteiger partial charge in [-0.2, -0.15) is 0 Å². The van der Waals surface area contributed by atoms with Crippen molar-refractivity contribution in [1.29, 1.82) is 0 Å². The molecule has 2 aromatic carbocycles. The predicted molar refractivity (Wildman–Crippen MR) is 97.9 cm³/mol. The number of aryl methyl sites for hydroxylation is 1. The Morgan fingerprint density at radius 1 is 1.20 bits per heavy atom. The Morgan fingerprint density at radius 2 is 1.92 bits per heavy atom. The summed E-state index contributed by atoms with van der Waals surface area (Å²) in [5.74, 6) is -0.572. The highest BCUT2D eigenvalue weighted by molar-refractivity contribution is 6.34. The summed E-state index contributed by atoms with van der Waals surface area (Å²) in [6.07, 6.45) is 0. The Morgan fingerprint density at radius 3 is 2.56 bits per heavy atom. The molecule has 0 heterocycles. The van der Waals surface area contributed by atoms with E-state index in [9.17, 15) is 9.59 Å². The number of carbonyl (C=O) groups is 2. The number of amides is 1. The van der Waals surface area contributed by atoms with Gasteiger partial charge in [0.2, 0.25) is 0 Å². The van der Waals surface area contributed by atoms with Crippen LogP contribution in [0, 0.1) is 12.8 Å². The molecule has 0 saturated carbocycles. The third-order valence-electron chi connectivity index (χ3n) is 3.50. The Bertz CT molecular complexity index is 802. The van der Waals surface area contributed by atoms with Crippen LogP contribution in [-0.2, 0) is 0 Å². The first-order valence-corrected chi connectivity index (χ1v) is 8.23. The van der Waals surface area contributed by atoms with Gasteiger partial charge in [-0.15, -0.1) is 0 Å². The number of rotatable bonds is 6. The lowest BCUT2D eigenvalue weighted by Crippen LogP contribution is -2.14. The fourth-order valence-electron chi connectivity index (χ4n) is 2.11. The van der Waals surface area contributed by atoms with Crippen LogP contribution in [0.1, 0.15) is 40.1 Å². The molecule has 0 saturated heterocycles. The summed E-state index contributed by atoms with van der Waals surface area (Å²) in [5, 5.41) is 12.1. The Kier molecular flexibility index (Phi) is 6.04. The highest BCUT2D eigenvalue weighted by Crippen LogP contribution is 2.25. The van der Waals surface area contributed by atoms with Gasteiger partial charge in [-0.25, -0.2) is 4.79 Å². The van der Waals surface area contributed by atoms with E-state index in [4.69, 9.17) is 21.4 Å². The van der Waals surface area contributed by atoms with Gasteiger partial charge in [-0.05, 0) is 48.7 Å². The number of carboxylic acids is 1. The van der Waals surface area contributed by atoms with Gasteiger partial charge in [0.25, 0.3) is 5.91 Å². The fourth-order valence-corrected chi connectivity index (χ4v) is 2.31. The first-order chi connectivity index (χ1) is 11.8. The summed E-state index contributed by atoms with van der Waals surface area (Å²) in [7, 11) is 0. The Balaban J connectivity index is 2.24. The van der Waals surface area contributed by atoms with E-state index in [1.165, 1.54) is 12.1 Å². The van der Waals surface area contributed by atoms with Crippen molar-refractivity contribution < 1.29 is 19.4 Å². The second-order valence-corrected chi connectivity index (χ2v) is 6.54. The summed E-state index contributed by atoms with van der Waals surface area (Å²) in [5.41, 5.74) is 1.54. The quantitative estimate of drug-likeness (QED) is 0.786. The van der Waals surface area contributed by atoms with E-state index < -0.39 is 11.9 Å². The van der Waals surface area contributed by atoms with E-state index >= 15 is 0 Å². The van der Waals surface area contributed by atoms with Crippen LogP contribution in [0.5, 0.6) is 5.75 Å². The maximum absolute atomic E-state index is 12.6. The summed E-state index contributed by atoms with van der Waals surface area (Å²) >= 11 is 6.13. The molecule has 1 amide bonds. The topological polar surface area (TPSA) is 75.6 Å². The highest BCUT2D eigenvalue weighted by atomic mass is 35.5. The minimum Gasteiger partial charge on any atom is -0.493 e. The third-order valence-corrected chi connectivity index (χ3v) is 3.83. The lowest BCUT2D eigenvalue weighted by atomic mass is 10.1. The van der Waals surface area contributed by atoms with Crippen molar-refractivity contribution in [2.24, 2.45) is 5.92 Å². The largest absolute Gasteiger partial charge is 0.493 e. The number of carboxylic acid groups (broad SMARTS) is 1. The van der Waals surface area contributed by atoms with Crippen LogP contribution in [0.2, 0.25) is 5.02 Å². The molecule has 0 aliphatic rings. The molecule has 0 bridgehead atoms. The molecule has 2 rings (SSSR count). The molecule has 0 aromatic heterocycles. The zero-order valence-electron chi connectivity index (χ0n) is 14.3. The van der Waals surface area contributed by atoms with Gasteiger partial charge in [0.1, 0.15) is 5.75 Å². The molecule has 25 heavy (non-hydrogen) atoms. The second-order valence-electron chi connectivity index (χ2n) is 6.14. The minimum atomic E-state index is -1.06. The molecule has 6 heteroatoms. The average Bonchev–Trinajstić information content (AvgIpc) is 2.55. The minimum absolute atomic E-state index is 0.0982. The van der Waals surface area contributed by atoms with Gasteiger partial charge in [0.05, 0.1) is 22.8 Å². The van der Waals surface area contributed by atoms with Gasteiger partial charge in [0, 0.05) is 5.69 Å². The van der Waals surface area contributed by atoms with Crippen LogP contribution in [0.3, 0.4) is 0 Å². The second kappa shape index (κ2) is 8.03. The van der Waals surface area contributed by atoms with E-state index in [1.807, 2.05) is 13.8 Å². The number of ether oxygens (including phenoxy) is 1. The van der Waals surface area contributed by atoms with Crippen molar-refractivity contribution in [3.8, 4) is 5.75 Å². The van der Waals surface area contributed by atoms with E-state index in [0.29, 0.717) is 29.0 Å².